The van der Waals surface area contributed by atoms with Gasteiger partial charge in [0.15, 0.2) is 0 Å². The van der Waals surface area contributed by atoms with Crippen molar-refractivity contribution in [2.75, 3.05) is 26.4 Å². The largest absolute Gasteiger partial charge is 0.377 e. The number of amides is 1. The highest BCUT2D eigenvalue weighted by molar-refractivity contribution is 5.92. The summed E-state index contributed by atoms with van der Waals surface area (Å²) in [5.74, 6) is 0.964. The van der Waals surface area contributed by atoms with Crippen LogP contribution in [0.3, 0.4) is 0 Å². The highest BCUT2D eigenvalue weighted by Crippen LogP contribution is 2.26. The first-order valence-corrected chi connectivity index (χ1v) is 11.4. The molecular formula is C24H42N2O4. The fourth-order valence-electron chi connectivity index (χ4n) is 3.21. The van der Waals surface area contributed by atoms with Crippen molar-refractivity contribution < 1.29 is 20.5 Å². The molecule has 0 radical (unpaired) electrons. The quantitative estimate of drug-likeness (QED) is 0.524. The minimum atomic E-state index is -0.181. The summed E-state index contributed by atoms with van der Waals surface area (Å²) in [5, 5.41) is 2.74. The first-order valence-electron chi connectivity index (χ1n) is 11.4. The molecule has 30 heavy (non-hydrogen) atoms. The van der Waals surface area contributed by atoms with Gasteiger partial charge in [0.2, 0.25) is 0 Å². The van der Waals surface area contributed by atoms with Crippen LogP contribution in [0.4, 0.5) is 0 Å². The molecule has 172 valence electrons. The fraction of sp³-hybridized carbons (Fsp3) is 0.708. The Bertz CT molecular complexity index is 593. The molecule has 0 saturated heterocycles. The smallest absolute Gasteiger partial charge is 0.269 e. The summed E-state index contributed by atoms with van der Waals surface area (Å²) in [7, 11) is 0. The van der Waals surface area contributed by atoms with E-state index in [-0.39, 0.29) is 19.4 Å². The Kier molecular flexibility index (Phi) is 14.0. The van der Waals surface area contributed by atoms with Gasteiger partial charge in [0, 0.05) is 26.0 Å². The summed E-state index contributed by atoms with van der Waals surface area (Å²) in [4.78, 5) is 27.1. The van der Waals surface area contributed by atoms with Crippen molar-refractivity contribution in [2.24, 2.45) is 11.8 Å². The molecule has 1 fully saturated rings. The minimum Gasteiger partial charge on any atom is -0.377 e. The predicted molar refractivity (Wildman–Crippen MR) is 122 cm³/mol. The van der Waals surface area contributed by atoms with E-state index in [9.17, 15) is 9.59 Å². The number of ketones is 1. The van der Waals surface area contributed by atoms with Gasteiger partial charge < -0.3 is 14.8 Å². The van der Waals surface area contributed by atoms with Crippen LogP contribution in [-0.4, -0.2) is 49.1 Å². The first kappa shape index (κ1) is 26.2. The highest BCUT2D eigenvalue weighted by Gasteiger charge is 2.22. The number of ether oxygens (including phenoxy) is 2. The Morgan fingerprint density at radius 3 is 2.47 bits per heavy atom. The fourth-order valence-corrected chi connectivity index (χ4v) is 3.21. The van der Waals surface area contributed by atoms with Crippen LogP contribution in [0.5, 0.6) is 0 Å². The lowest BCUT2D eigenvalue weighted by Gasteiger charge is -2.21. The molecule has 0 bridgehead atoms. The Hall–Kier alpha value is -1.79. The second-order valence-corrected chi connectivity index (χ2v) is 8.06. The van der Waals surface area contributed by atoms with Gasteiger partial charge in [-0.05, 0) is 38.3 Å². The van der Waals surface area contributed by atoms with Crippen molar-refractivity contribution in [3.8, 4) is 0 Å². The second-order valence-electron chi connectivity index (χ2n) is 8.06. The molecule has 1 heterocycles. The van der Waals surface area contributed by atoms with E-state index in [1.807, 2.05) is 20.8 Å². The maximum absolute atomic E-state index is 11.6. The molecule has 0 aliphatic heterocycles. The summed E-state index contributed by atoms with van der Waals surface area (Å²) >= 11 is 0. The highest BCUT2D eigenvalue weighted by atomic mass is 16.5. The van der Waals surface area contributed by atoms with Crippen LogP contribution in [-0.2, 0) is 14.3 Å². The summed E-state index contributed by atoms with van der Waals surface area (Å²) < 4.78 is 10.8. The molecule has 6 heteroatoms. The average Bonchev–Trinajstić information content (AvgIpc) is 2.79. The van der Waals surface area contributed by atoms with Crippen LogP contribution < -0.4 is 5.32 Å². The van der Waals surface area contributed by atoms with Gasteiger partial charge in [-0.2, -0.15) is 0 Å². The molecule has 1 saturated carbocycles. The number of hydrogen-bond donors (Lipinski definition) is 1. The zero-order valence-electron chi connectivity index (χ0n) is 19.2. The topological polar surface area (TPSA) is 77.5 Å². The lowest BCUT2D eigenvalue weighted by atomic mass is 9.83. The number of nitrogens with one attached hydrogen (secondary N) is 1. The Labute approximate surface area is 183 Å². The number of Topliss-reactive ketones (excluding diaryl/α,β-unsaturated/α-hetero) is 1. The van der Waals surface area contributed by atoms with E-state index in [2.05, 4.69) is 17.2 Å². The van der Waals surface area contributed by atoms with Gasteiger partial charge in [0.25, 0.3) is 5.91 Å². The molecule has 1 aliphatic rings. The SMILES string of the molecule is CC(C)C(=O)C1CCCCC1.CCC(C)OCCOCCNC(=O)c1ccccn1.[HH]. The third kappa shape index (κ3) is 11.4. The van der Waals surface area contributed by atoms with Crippen LogP contribution in [0.2, 0.25) is 0 Å². The van der Waals surface area contributed by atoms with Gasteiger partial charge in [-0.15, -0.1) is 0 Å². The third-order valence-electron chi connectivity index (χ3n) is 5.21. The monoisotopic (exact) mass is 422 g/mol. The van der Waals surface area contributed by atoms with E-state index in [0.717, 1.165) is 19.3 Å². The Balaban J connectivity index is 0.000000640. The molecule has 0 aromatic carbocycles. The minimum absolute atomic E-state index is 0. The Morgan fingerprint density at radius 1 is 1.13 bits per heavy atom. The van der Waals surface area contributed by atoms with Crippen LogP contribution in [0, 0.1) is 11.8 Å². The van der Waals surface area contributed by atoms with Crippen molar-refractivity contribution in [3.05, 3.63) is 30.1 Å². The molecule has 1 unspecified atom stereocenters. The molecular weight excluding hydrogens is 380 g/mol. The van der Waals surface area contributed by atoms with E-state index in [4.69, 9.17) is 9.47 Å². The summed E-state index contributed by atoms with van der Waals surface area (Å²) in [6.07, 6.45) is 9.03. The van der Waals surface area contributed by atoms with Crippen molar-refractivity contribution in [1.29, 1.82) is 0 Å². The number of aromatic nitrogens is 1. The summed E-state index contributed by atoms with van der Waals surface area (Å²) in [5.41, 5.74) is 0.419. The van der Waals surface area contributed by atoms with Crippen molar-refractivity contribution in [3.63, 3.8) is 0 Å². The van der Waals surface area contributed by atoms with Crippen LogP contribution in [0.1, 0.15) is 78.1 Å². The van der Waals surface area contributed by atoms with E-state index in [1.54, 1.807) is 24.4 Å². The predicted octanol–water partition coefficient (Wildman–Crippen LogP) is 4.68. The van der Waals surface area contributed by atoms with Gasteiger partial charge in [-0.25, -0.2) is 0 Å². The van der Waals surface area contributed by atoms with Crippen LogP contribution >= 0.6 is 0 Å². The molecule has 1 atom stereocenters. The Morgan fingerprint density at radius 2 is 1.87 bits per heavy atom. The number of carbonyl (C=O) groups is 2. The molecule has 1 aromatic heterocycles. The van der Waals surface area contributed by atoms with E-state index in [0.29, 0.717) is 43.8 Å². The van der Waals surface area contributed by atoms with E-state index >= 15 is 0 Å². The molecule has 0 spiro atoms. The van der Waals surface area contributed by atoms with Gasteiger partial charge in [-0.3, -0.25) is 14.6 Å². The molecule has 1 aliphatic carbocycles. The second kappa shape index (κ2) is 16.0. The summed E-state index contributed by atoms with van der Waals surface area (Å²) in [6, 6.07) is 5.23. The normalized spacial score (nSPS) is 15.2. The van der Waals surface area contributed by atoms with Crippen molar-refractivity contribution in [2.45, 2.75) is 72.3 Å². The molecule has 2 rings (SSSR count). The first-order chi connectivity index (χ1) is 14.5. The van der Waals surface area contributed by atoms with Gasteiger partial charge >= 0.3 is 0 Å². The average molecular weight is 423 g/mol. The van der Waals surface area contributed by atoms with Crippen LogP contribution in [0.15, 0.2) is 24.4 Å². The maximum Gasteiger partial charge on any atom is 0.269 e. The number of nitrogens with zero attached hydrogens (tertiary/aromatic N) is 1. The van der Waals surface area contributed by atoms with Crippen LogP contribution in [0.25, 0.3) is 0 Å². The maximum atomic E-state index is 11.6. The third-order valence-corrected chi connectivity index (χ3v) is 5.21. The van der Waals surface area contributed by atoms with E-state index < -0.39 is 0 Å². The zero-order valence-corrected chi connectivity index (χ0v) is 19.2. The molecule has 1 aromatic rings. The lowest BCUT2D eigenvalue weighted by Crippen LogP contribution is -2.28. The number of hydrogen-bond acceptors (Lipinski definition) is 5. The number of carbonyl (C=O) groups excluding carboxylic acids is 2. The molecule has 6 nitrogen and oxygen atoms in total. The standard InChI is InChI=1S/C14H22N2O3.C10H18O.H2/c1-3-12(2)19-11-10-18-9-8-16-14(17)13-6-4-5-7-15-13;1-8(2)10(11)9-6-4-3-5-7-9;/h4-7,12H,3,8-11H2,1-2H3,(H,16,17);8-9H,3-7H2,1-2H3;1H. The van der Waals surface area contributed by atoms with Gasteiger partial charge in [0.1, 0.15) is 11.5 Å². The molecule has 1 N–H and O–H groups in total. The van der Waals surface area contributed by atoms with E-state index in [1.165, 1.54) is 19.3 Å². The number of rotatable bonds is 11. The number of pyridine rings is 1. The van der Waals surface area contributed by atoms with Crippen molar-refractivity contribution >= 4 is 11.7 Å². The van der Waals surface area contributed by atoms with Gasteiger partial charge in [0.05, 0.1) is 25.9 Å². The molecule has 1 amide bonds. The summed E-state index contributed by atoms with van der Waals surface area (Å²) in [6.45, 7) is 10.2. The van der Waals surface area contributed by atoms with Gasteiger partial charge in [-0.1, -0.05) is 46.1 Å². The zero-order chi connectivity index (χ0) is 22.2. The lowest BCUT2D eigenvalue weighted by molar-refractivity contribution is -0.126. The van der Waals surface area contributed by atoms with Crippen molar-refractivity contribution in [1.82, 2.24) is 10.3 Å².